The number of nitrogens with one attached hydrogen (secondary N) is 1. The maximum Gasteiger partial charge on any atom is 0.231 e. The highest BCUT2D eigenvalue weighted by Gasteiger charge is 2.07. The smallest absolute Gasteiger partial charge is 0.231 e. The molecule has 5 heteroatoms. The molecule has 88 valence electrons. The van der Waals surface area contributed by atoms with Gasteiger partial charge in [-0.15, -0.1) is 0 Å². The summed E-state index contributed by atoms with van der Waals surface area (Å²) >= 11 is 11.6. The van der Waals surface area contributed by atoms with Gasteiger partial charge in [0.1, 0.15) is 5.76 Å². The zero-order valence-corrected chi connectivity index (χ0v) is 10.3. The van der Waals surface area contributed by atoms with Crippen molar-refractivity contribution in [1.29, 1.82) is 0 Å². The second-order valence-corrected chi connectivity index (χ2v) is 4.25. The molecule has 0 fully saturated rings. The predicted molar refractivity (Wildman–Crippen MR) is 67.5 cm³/mol. The molecule has 0 aliphatic rings. The minimum atomic E-state index is -0.168. The predicted octanol–water partition coefficient (Wildman–Crippen LogP) is 3.77. The maximum absolute atomic E-state index is 11.6. The Bertz CT molecular complexity index is 523. The molecule has 2 aromatic rings. The summed E-state index contributed by atoms with van der Waals surface area (Å²) in [5.41, 5.74) is 0.607. The van der Waals surface area contributed by atoms with Gasteiger partial charge in [-0.25, -0.2) is 0 Å². The summed E-state index contributed by atoms with van der Waals surface area (Å²) in [6, 6.07) is 8.40. The number of hydrogen-bond donors (Lipinski definition) is 1. The monoisotopic (exact) mass is 269 g/mol. The van der Waals surface area contributed by atoms with Crippen LogP contribution in [0, 0.1) is 0 Å². The van der Waals surface area contributed by atoms with Crippen molar-refractivity contribution in [3.63, 3.8) is 0 Å². The van der Waals surface area contributed by atoms with Crippen LogP contribution in [-0.2, 0) is 11.2 Å². The Hall–Kier alpha value is -1.45. The molecule has 0 unspecified atom stereocenters. The van der Waals surface area contributed by atoms with Gasteiger partial charge >= 0.3 is 0 Å². The summed E-state index contributed by atoms with van der Waals surface area (Å²) in [5.74, 6) is 0.445. The molecule has 2 rings (SSSR count). The highest BCUT2D eigenvalue weighted by Crippen LogP contribution is 2.25. The second-order valence-electron chi connectivity index (χ2n) is 3.43. The fourth-order valence-electron chi connectivity index (χ4n) is 1.35. The zero-order valence-electron chi connectivity index (χ0n) is 8.74. The third-order valence-corrected chi connectivity index (χ3v) is 2.86. The van der Waals surface area contributed by atoms with Crippen molar-refractivity contribution in [2.24, 2.45) is 0 Å². The molecule has 1 aromatic carbocycles. The van der Waals surface area contributed by atoms with E-state index >= 15 is 0 Å². The first-order chi connectivity index (χ1) is 8.15. The summed E-state index contributed by atoms with van der Waals surface area (Å²) in [7, 11) is 0. The number of carbonyl (C=O) groups is 1. The fourth-order valence-corrected chi connectivity index (χ4v) is 1.65. The molecular weight excluding hydrogens is 261 g/mol. The van der Waals surface area contributed by atoms with E-state index in [-0.39, 0.29) is 12.3 Å². The van der Waals surface area contributed by atoms with E-state index in [9.17, 15) is 4.79 Å². The maximum atomic E-state index is 11.6. The molecular formula is C12H9Cl2NO2. The molecule has 0 saturated heterocycles. The Morgan fingerprint density at radius 3 is 2.71 bits per heavy atom. The van der Waals surface area contributed by atoms with Crippen LogP contribution in [0.1, 0.15) is 5.76 Å². The minimum Gasteiger partial charge on any atom is -0.469 e. The van der Waals surface area contributed by atoms with Gasteiger partial charge < -0.3 is 9.73 Å². The van der Waals surface area contributed by atoms with Crippen LogP contribution in [-0.4, -0.2) is 5.91 Å². The van der Waals surface area contributed by atoms with Crippen LogP contribution in [0.2, 0.25) is 10.0 Å². The topological polar surface area (TPSA) is 42.2 Å². The average molecular weight is 270 g/mol. The molecule has 3 nitrogen and oxygen atoms in total. The van der Waals surface area contributed by atoms with Crippen molar-refractivity contribution in [2.75, 3.05) is 5.32 Å². The summed E-state index contributed by atoms with van der Waals surface area (Å²) in [6.07, 6.45) is 1.72. The minimum absolute atomic E-state index is 0.168. The van der Waals surface area contributed by atoms with Crippen LogP contribution in [0.25, 0.3) is 0 Å². The van der Waals surface area contributed by atoms with E-state index in [0.717, 1.165) is 0 Å². The van der Waals surface area contributed by atoms with Crippen molar-refractivity contribution in [2.45, 2.75) is 6.42 Å². The van der Waals surface area contributed by atoms with Crippen molar-refractivity contribution >= 4 is 34.8 Å². The molecule has 1 aromatic heterocycles. The van der Waals surface area contributed by atoms with Gasteiger partial charge in [-0.2, -0.15) is 0 Å². The molecule has 1 heterocycles. The van der Waals surface area contributed by atoms with Gasteiger partial charge in [0.05, 0.1) is 22.7 Å². The Labute approximate surface area is 108 Å². The van der Waals surface area contributed by atoms with E-state index < -0.39 is 0 Å². The van der Waals surface area contributed by atoms with Crippen molar-refractivity contribution in [3.05, 3.63) is 52.4 Å². The molecule has 0 atom stereocenters. The Morgan fingerprint density at radius 2 is 2.06 bits per heavy atom. The van der Waals surface area contributed by atoms with Crippen molar-refractivity contribution in [3.8, 4) is 0 Å². The second kappa shape index (κ2) is 5.25. The van der Waals surface area contributed by atoms with Crippen LogP contribution in [0.3, 0.4) is 0 Å². The van der Waals surface area contributed by atoms with Gasteiger partial charge in [-0.3, -0.25) is 4.79 Å². The van der Waals surface area contributed by atoms with Crippen LogP contribution in [0.15, 0.2) is 41.0 Å². The molecule has 0 saturated carbocycles. The standard InChI is InChI=1S/C12H9Cl2NO2/c13-10-4-3-8(6-11(10)14)15-12(16)7-9-2-1-5-17-9/h1-6H,7H2,(H,15,16). The molecule has 1 N–H and O–H groups in total. The average Bonchev–Trinajstić information content (AvgIpc) is 2.76. The normalized spacial score (nSPS) is 10.2. The number of halogens is 2. The molecule has 0 spiro atoms. The Morgan fingerprint density at radius 1 is 1.24 bits per heavy atom. The first kappa shape index (κ1) is 12.0. The van der Waals surface area contributed by atoms with Gasteiger partial charge in [0.25, 0.3) is 0 Å². The lowest BCUT2D eigenvalue weighted by Gasteiger charge is -2.05. The number of carbonyl (C=O) groups excluding carboxylic acids is 1. The van der Waals surface area contributed by atoms with E-state index in [2.05, 4.69) is 5.32 Å². The van der Waals surface area contributed by atoms with E-state index in [4.69, 9.17) is 27.6 Å². The lowest BCUT2D eigenvalue weighted by molar-refractivity contribution is -0.115. The van der Waals surface area contributed by atoms with Crippen molar-refractivity contribution < 1.29 is 9.21 Å². The Balaban J connectivity index is 2.00. The van der Waals surface area contributed by atoms with Crippen LogP contribution < -0.4 is 5.32 Å². The summed E-state index contributed by atoms with van der Waals surface area (Å²) in [6.45, 7) is 0. The van der Waals surface area contributed by atoms with Gasteiger partial charge in [0, 0.05) is 5.69 Å². The lowest BCUT2D eigenvalue weighted by atomic mass is 10.3. The number of hydrogen-bond acceptors (Lipinski definition) is 2. The summed E-state index contributed by atoms with van der Waals surface area (Å²) in [4.78, 5) is 11.6. The molecule has 0 bridgehead atoms. The molecule has 1 amide bonds. The number of amides is 1. The SMILES string of the molecule is O=C(Cc1ccco1)Nc1ccc(Cl)c(Cl)c1. The van der Waals surface area contributed by atoms with Crippen LogP contribution in [0.5, 0.6) is 0 Å². The molecule has 0 aliphatic heterocycles. The third-order valence-electron chi connectivity index (χ3n) is 2.12. The number of rotatable bonds is 3. The van der Waals surface area contributed by atoms with Gasteiger partial charge in [0.2, 0.25) is 5.91 Å². The number of anilines is 1. The molecule has 0 radical (unpaired) electrons. The third kappa shape index (κ3) is 3.25. The lowest BCUT2D eigenvalue weighted by Crippen LogP contribution is -2.13. The van der Waals surface area contributed by atoms with E-state index in [1.165, 1.54) is 6.26 Å². The largest absolute Gasteiger partial charge is 0.469 e. The van der Waals surface area contributed by atoms with Crippen LogP contribution in [0.4, 0.5) is 5.69 Å². The highest BCUT2D eigenvalue weighted by atomic mass is 35.5. The Kier molecular flexibility index (Phi) is 3.71. The number of furan rings is 1. The number of benzene rings is 1. The summed E-state index contributed by atoms with van der Waals surface area (Å²) in [5, 5.41) is 3.57. The molecule has 17 heavy (non-hydrogen) atoms. The van der Waals surface area contributed by atoms with Gasteiger partial charge in [-0.05, 0) is 30.3 Å². The van der Waals surface area contributed by atoms with Crippen LogP contribution >= 0.6 is 23.2 Å². The van der Waals surface area contributed by atoms with Gasteiger partial charge in [0.15, 0.2) is 0 Å². The van der Waals surface area contributed by atoms with Crippen molar-refractivity contribution in [1.82, 2.24) is 0 Å². The molecule has 0 aliphatic carbocycles. The fraction of sp³-hybridized carbons (Fsp3) is 0.0833. The first-order valence-corrected chi connectivity index (χ1v) is 5.68. The van der Waals surface area contributed by atoms with E-state index in [0.29, 0.717) is 21.5 Å². The van der Waals surface area contributed by atoms with Gasteiger partial charge in [-0.1, -0.05) is 23.2 Å². The first-order valence-electron chi connectivity index (χ1n) is 4.92. The quantitative estimate of drug-likeness (QED) is 0.922. The highest BCUT2D eigenvalue weighted by molar-refractivity contribution is 6.42. The van der Waals surface area contributed by atoms with E-state index in [1.807, 2.05) is 0 Å². The van der Waals surface area contributed by atoms with E-state index in [1.54, 1.807) is 30.3 Å². The summed E-state index contributed by atoms with van der Waals surface area (Å²) < 4.78 is 5.08. The zero-order chi connectivity index (χ0) is 12.3.